The molecule has 3 aromatic carbocycles. The zero-order chi connectivity index (χ0) is 19.8. The molecule has 2 aliphatic heterocycles. The van der Waals surface area contributed by atoms with Gasteiger partial charge in [0, 0.05) is 22.1 Å². The first-order valence-electron chi connectivity index (χ1n) is 10.5. The molecular formula is C26H25Cl2N. The van der Waals surface area contributed by atoms with Gasteiger partial charge in [-0.1, -0.05) is 89.9 Å². The van der Waals surface area contributed by atoms with E-state index in [1.54, 1.807) is 0 Å². The largest absolute Gasteiger partial charge is 0.286 e. The third-order valence-corrected chi connectivity index (χ3v) is 7.45. The maximum absolute atomic E-state index is 6.71. The van der Waals surface area contributed by atoms with Gasteiger partial charge in [0.25, 0.3) is 0 Å². The molecule has 0 N–H and O–H groups in total. The summed E-state index contributed by atoms with van der Waals surface area (Å²) in [6, 6.07) is 28.7. The van der Waals surface area contributed by atoms with E-state index in [9.17, 15) is 0 Å². The summed E-state index contributed by atoms with van der Waals surface area (Å²) >= 11 is 13.4. The fourth-order valence-electron chi connectivity index (χ4n) is 5.51. The molecule has 1 nitrogen and oxygen atoms in total. The van der Waals surface area contributed by atoms with E-state index in [4.69, 9.17) is 23.2 Å². The Balaban J connectivity index is 1.54. The average molecular weight is 422 g/mol. The van der Waals surface area contributed by atoms with E-state index in [0.29, 0.717) is 18.0 Å². The van der Waals surface area contributed by atoms with E-state index < -0.39 is 0 Å². The Bertz CT molecular complexity index is 927. The minimum Gasteiger partial charge on any atom is -0.286 e. The van der Waals surface area contributed by atoms with Crippen molar-refractivity contribution in [2.75, 3.05) is 0 Å². The fourth-order valence-corrected chi connectivity index (χ4v) is 5.99. The van der Waals surface area contributed by atoms with Crippen LogP contribution in [0.25, 0.3) is 0 Å². The molecule has 2 fully saturated rings. The van der Waals surface area contributed by atoms with Crippen molar-refractivity contribution in [3.05, 3.63) is 106 Å². The van der Waals surface area contributed by atoms with Gasteiger partial charge >= 0.3 is 0 Å². The second-order valence-corrected chi connectivity index (χ2v) is 9.17. The smallest absolute Gasteiger partial charge is 0.0636 e. The van der Waals surface area contributed by atoms with Gasteiger partial charge in [-0.2, -0.15) is 0 Å². The normalized spacial score (nSPS) is 24.2. The maximum Gasteiger partial charge on any atom is 0.0636 e. The number of halogens is 2. The van der Waals surface area contributed by atoms with Crippen molar-refractivity contribution in [1.29, 1.82) is 0 Å². The molecule has 2 aliphatic rings. The van der Waals surface area contributed by atoms with Crippen LogP contribution < -0.4 is 0 Å². The van der Waals surface area contributed by atoms with Crippen molar-refractivity contribution in [3.8, 4) is 0 Å². The summed E-state index contributed by atoms with van der Waals surface area (Å²) in [5, 5.41) is 1.64. The Morgan fingerprint density at radius 3 is 1.66 bits per heavy atom. The number of benzene rings is 3. The number of nitrogens with zero attached hydrogens (tertiary/aromatic N) is 1. The molecule has 0 amide bonds. The van der Waals surface area contributed by atoms with E-state index in [1.807, 2.05) is 24.3 Å². The Kier molecular flexibility index (Phi) is 5.39. The molecule has 0 aromatic heterocycles. The van der Waals surface area contributed by atoms with Gasteiger partial charge in [0.1, 0.15) is 0 Å². The summed E-state index contributed by atoms with van der Waals surface area (Å²) in [5.74, 6) is 0.642. The Morgan fingerprint density at radius 1 is 0.655 bits per heavy atom. The SMILES string of the molecule is Clc1ccccc1C(c1ccccc1Cl)N1[C@@H]2CC[C@H]1CC(c1ccccc1)C2. The average Bonchev–Trinajstić information content (AvgIpc) is 3.00. The Morgan fingerprint density at radius 2 is 1.14 bits per heavy atom. The third kappa shape index (κ3) is 3.61. The maximum atomic E-state index is 6.71. The van der Waals surface area contributed by atoms with E-state index in [0.717, 1.165) is 21.2 Å². The van der Waals surface area contributed by atoms with Gasteiger partial charge < -0.3 is 0 Å². The standard InChI is InChI=1S/C26H25Cl2N/c27-24-12-6-4-10-22(24)26(23-11-5-7-13-25(23)28)29-20-14-15-21(29)17-19(16-20)18-8-2-1-3-9-18/h1-13,19-21,26H,14-17H2/t19?,20-,21+. The predicted octanol–water partition coefficient (Wildman–Crippen LogP) is 7.49. The van der Waals surface area contributed by atoms with Gasteiger partial charge in [0.15, 0.2) is 0 Å². The topological polar surface area (TPSA) is 3.24 Å². The number of fused-ring (bicyclic) bond motifs is 2. The Labute approximate surface area is 183 Å². The van der Waals surface area contributed by atoms with Gasteiger partial charge in [0.05, 0.1) is 6.04 Å². The van der Waals surface area contributed by atoms with E-state index in [-0.39, 0.29) is 6.04 Å². The van der Waals surface area contributed by atoms with Crippen LogP contribution in [-0.4, -0.2) is 17.0 Å². The van der Waals surface area contributed by atoms with Crippen LogP contribution in [-0.2, 0) is 0 Å². The molecule has 3 atom stereocenters. The van der Waals surface area contributed by atoms with Crippen LogP contribution in [0.1, 0.15) is 54.3 Å². The van der Waals surface area contributed by atoms with Crippen molar-refractivity contribution in [1.82, 2.24) is 4.90 Å². The van der Waals surface area contributed by atoms with Crippen LogP contribution in [0.5, 0.6) is 0 Å². The Hall–Kier alpha value is -1.80. The summed E-state index contributed by atoms with van der Waals surface area (Å²) in [6.07, 6.45) is 4.90. The first-order valence-corrected chi connectivity index (χ1v) is 11.3. The second-order valence-electron chi connectivity index (χ2n) is 8.36. The number of hydrogen-bond donors (Lipinski definition) is 0. The highest BCUT2D eigenvalue weighted by molar-refractivity contribution is 6.32. The van der Waals surface area contributed by atoms with Crippen LogP contribution in [0.15, 0.2) is 78.9 Å². The number of rotatable bonds is 4. The molecular weight excluding hydrogens is 397 g/mol. The molecule has 0 radical (unpaired) electrons. The number of piperidine rings is 1. The van der Waals surface area contributed by atoms with Crippen molar-refractivity contribution in [2.24, 2.45) is 0 Å². The molecule has 2 heterocycles. The third-order valence-electron chi connectivity index (χ3n) is 6.76. The van der Waals surface area contributed by atoms with Crippen molar-refractivity contribution < 1.29 is 0 Å². The summed E-state index contributed by atoms with van der Waals surface area (Å²) in [7, 11) is 0. The van der Waals surface area contributed by atoms with Crippen molar-refractivity contribution in [2.45, 2.75) is 49.7 Å². The molecule has 3 aromatic rings. The fraction of sp³-hybridized carbons (Fsp3) is 0.308. The summed E-state index contributed by atoms with van der Waals surface area (Å²) in [4.78, 5) is 2.72. The monoisotopic (exact) mass is 421 g/mol. The quantitative estimate of drug-likeness (QED) is 0.421. The second kappa shape index (κ2) is 8.14. The van der Waals surface area contributed by atoms with Crippen LogP contribution in [0.3, 0.4) is 0 Å². The highest BCUT2D eigenvalue weighted by Gasteiger charge is 2.45. The van der Waals surface area contributed by atoms with E-state index in [2.05, 4.69) is 59.5 Å². The van der Waals surface area contributed by atoms with Crippen LogP contribution >= 0.6 is 23.2 Å². The number of hydrogen-bond acceptors (Lipinski definition) is 1. The molecule has 2 bridgehead atoms. The minimum absolute atomic E-state index is 0.103. The van der Waals surface area contributed by atoms with E-state index in [1.165, 1.54) is 31.2 Å². The molecule has 5 rings (SSSR count). The molecule has 148 valence electrons. The zero-order valence-electron chi connectivity index (χ0n) is 16.3. The lowest BCUT2D eigenvalue weighted by Gasteiger charge is -2.44. The van der Waals surface area contributed by atoms with Crippen LogP contribution in [0.4, 0.5) is 0 Å². The molecule has 0 aliphatic carbocycles. The van der Waals surface area contributed by atoms with E-state index >= 15 is 0 Å². The summed E-state index contributed by atoms with van der Waals surface area (Å²) in [5.41, 5.74) is 3.81. The molecule has 3 heteroatoms. The lowest BCUT2D eigenvalue weighted by molar-refractivity contribution is 0.0935. The minimum atomic E-state index is 0.103. The molecule has 2 saturated heterocycles. The van der Waals surface area contributed by atoms with Crippen LogP contribution in [0, 0.1) is 0 Å². The molecule has 29 heavy (non-hydrogen) atoms. The summed E-state index contributed by atoms with van der Waals surface area (Å²) < 4.78 is 0. The molecule has 0 spiro atoms. The lowest BCUT2D eigenvalue weighted by Crippen LogP contribution is -2.45. The van der Waals surface area contributed by atoms with Crippen molar-refractivity contribution in [3.63, 3.8) is 0 Å². The molecule has 0 saturated carbocycles. The molecule has 1 unspecified atom stereocenters. The van der Waals surface area contributed by atoms with Gasteiger partial charge in [-0.3, -0.25) is 4.90 Å². The zero-order valence-corrected chi connectivity index (χ0v) is 17.9. The lowest BCUT2D eigenvalue weighted by atomic mass is 9.83. The van der Waals surface area contributed by atoms with Crippen LogP contribution in [0.2, 0.25) is 10.0 Å². The van der Waals surface area contributed by atoms with Crippen molar-refractivity contribution >= 4 is 23.2 Å². The summed E-state index contributed by atoms with van der Waals surface area (Å²) in [6.45, 7) is 0. The van der Waals surface area contributed by atoms with Gasteiger partial charge in [-0.15, -0.1) is 0 Å². The van der Waals surface area contributed by atoms with Gasteiger partial charge in [-0.25, -0.2) is 0 Å². The van der Waals surface area contributed by atoms with Gasteiger partial charge in [0.2, 0.25) is 0 Å². The predicted molar refractivity (Wildman–Crippen MR) is 122 cm³/mol. The highest BCUT2D eigenvalue weighted by atomic mass is 35.5. The highest BCUT2D eigenvalue weighted by Crippen LogP contribution is 2.50. The van der Waals surface area contributed by atoms with Gasteiger partial charge in [-0.05, 0) is 60.4 Å². The first kappa shape index (κ1) is 19.2. The first-order chi connectivity index (χ1) is 14.2.